The monoisotopic (exact) mass is 175 g/mol. The normalized spacial score (nSPS) is 9.00. The van der Waals surface area contributed by atoms with Crippen molar-refractivity contribution >= 4 is 0 Å². The summed E-state index contributed by atoms with van der Waals surface area (Å²) in [5, 5.41) is 11.5. The van der Waals surface area contributed by atoms with E-state index in [0.717, 1.165) is 6.54 Å². The lowest BCUT2D eigenvalue weighted by Crippen LogP contribution is -2.12. The molecule has 0 heterocycles. The van der Waals surface area contributed by atoms with E-state index in [1.54, 1.807) is 0 Å². The van der Waals surface area contributed by atoms with Crippen LogP contribution in [0.3, 0.4) is 0 Å². The minimum absolute atomic E-state index is 0.0625. The van der Waals surface area contributed by atoms with Crippen molar-refractivity contribution in [2.75, 3.05) is 13.2 Å². The van der Waals surface area contributed by atoms with Gasteiger partial charge in [0.15, 0.2) is 0 Å². The van der Waals surface area contributed by atoms with Crippen LogP contribution in [-0.2, 0) is 6.54 Å². The molecule has 0 radical (unpaired) electrons. The van der Waals surface area contributed by atoms with Gasteiger partial charge in [0.1, 0.15) is 6.61 Å². The van der Waals surface area contributed by atoms with Crippen molar-refractivity contribution in [1.82, 2.24) is 5.32 Å². The first-order chi connectivity index (χ1) is 6.43. The number of hydrogen-bond donors (Lipinski definition) is 2. The molecule has 0 aliphatic heterocycles. The maximum Gasteiger partial charge on any atom is 0.104 e. The summed E-state index contributed by atoms with van der Waals surface area (Å²) in [6.45, 7) is 1.38. The van der Waals surface area contributed by atoms with Crippen molar-refractivity contribution in [3.63, 3.8) is 0 Å². The molecular formula is C11H13NO. The molecule has 13 heavy (non-hydrogen) atoms. The van der Waals surface area contributed by atoms with Crippen LogP contribution < -0.4 is 5.32 Å². The van der Waals surface area contributed by atoms with Gasteiger partial charge in [-0.25, -0.2) is 0 Å². The lowest BCUT2D eigenvalue weighted by Gasteiger charge is -1.99. The predicted molar refractivity (Wildman–Crippen MR) is 53.0 cm³/mol. The molecule has 68 valence electrons. The van der Waals surface area contributed by atoms with E-state index in [-0.39, 0.29) is 6.61 Å². The van der Waals surface area contributed by atoms with Gasteiger partial charge in [-0.05, 0) is 5.56 Å². The fraction of sp³-hybridized carbons (Fsp3) is 0.273. The Labute approximate surface area is 78.6 Å². The van der Waals surface area contributed by atoms with E-state index in [1.165, 1.54) is 5.56 Å². The van der Waals surface area contributed by atoms with Crippen LogP contribution in [0, 0.1) is 11.8 Å². The topological polar surface area (TPSA) is 32.3 Å². The van der Waals surface area contributed by atoms with Crippen molar-refractivity contribution in [3.05, 3.63) is 35.9 Å². The molecule has 1 aromatic rings. The zero-order chi connectivity index (χ0) is 9.36. The SMILES string of the molecule is OCC#CCNCc1ccccc1. The zero-order valence-electron chi connectivity index (χ0n) is 7.46. The average Bonchev–Trinajstić information content (AvgIpc) is 2.19. The molecule has 0 atom stereocenters. The third-order valence-electron chi connectivity index (χ3n) is 1.59. The molecule has 0 aliphatic rings. The second kappa shape index (κ2) is 6.24. The molecule has 2 heteroatoms. The Bertz CT molecular complexity index is 284. The summed E-state index contributed by atoms with van der Waals surface area (Å²) in [5.74, 6) is 5.37. The maximum atomic E-state index is 8.38. The number of aliphatic hydroxyl groups excluding tert-OH is 1. The van der Waals surface area contributed by atoms with Crippen LogP contribution in [0.4, 0.5) is 0 Å². The Morgan fingerprint density at radius 3 is 2.62 bits per heavy atom. The molecule has 0 bridgehead atoms. The minimum atomic E-state index is -0.0625. The van der Waals surface area contributed by atoms with E-state index < -0.39 is 0 Å². The van der Waals surface area contributed by atoms with Crippen molar-refractivity contribution in [1.29, 1.82) is 0 Å². The standard InChI is InChI=1S/C11H13NO/c13-9-5-4-8-12-10-11-6-2-1-3-7-11/h1-3,6-7,12-13H,8-10H2. The number of nitrogens with one attached hydrogen (secondary N) is 1. The zero-order valence-corrected chi connectivity index (χ0v) is 7.46. The molecule has 2 N–H and O–H groups in total. The summed E-state index contributed by atoms with van der Waals surface area (Å²) in [7, 11) is 0. The van der Waals surface area contributed by atoms with E-state index in [9.17, 15) is 0 Å². The third kappa shape index (κ3) is 4.32. The predicted octanol–water partition coefficient (Wildman–Crippen LogP) is 0.772. The lowest BCUT2D eigenvalue weighted by atomic mass is 10.2. The van der Waals surface area contributed by atoms with Crippen LogP contribution in [0.5, 0.6) is 0 Å². The van der Waals surface area contributed by atoms with Gasteiger partial charge in [-0.1, -0.05) is 42.2 Å². The number of hydrogen-bond acceptors (Lipinski definition) is 2. The summed E-state index contributed by atoms with van der Waals surface area (Å²) in [5.41, 5.74) is 1.24. The maximum absolute atomic E-state index is 8.38. The molecule has 0 spiro atoms. The summed E-state index contributed by atoms with van der Waals surface area (Å²) in [6, 6.07) is 10.1. The first-order valence-corrected chi connectivity index (χ1v) is 4.24. The van der Waals surface area contributed by atoms with Gasteiger partial charge in [0.2, 0.25) is 0 Å². The smallest absolute Gasteiger partial charge is 0.104 e. The number of benzene rings is 1. The fourth-order valence-corrected chi connectivity index (χ4v) is 0.984. The van der Waals surface area contributed by atoms with E-state index in [4.69, 9.17) is 5.11 Å². The summed E-state index contributed by atoms with van der Waals surface area (Å²) >= 11 is 0. The molecule has 0 unspecified atom stereocenters. The second-order valence-electron chi connectivity index (χ2n) is 2.60. The van der Waals surface area contributed by atoms with Gasteiger partial charge in [0.05, 0.1) is 6.54 Å². The first-order valence-electron chi connectivity index (χ1n) is 4.24. The highest BCUT2D eigenvalue weighted by Gasteiger charge is 1.87. The van der Waals surface area contributed by atoms with Crippen LogP contribution in [0.2, 0.25) is 0 Å². The van der Waals surface area contributed by atoms with Crippen molar-refractivity contribution in [2.24, 2.45) is 0 Å². The Morgan fingerprint density at radius 1 is 1.15 bits per heavy atom. The molecule has 0 aromatic heterocycles. The Balaban J connectivity index is 2.20. The molecule has 2 nitrogen and oxygen atoms in total. The molecule has 1 rings (SSSR count). The molecule has 1 aromatic carbocycles. The summed E-state index contributed by atoms with van der Waals surface area (Å²) in [4.78, 5) is 0. The van der Waals surface area contributed by atoms with Gasteiger partial charge in [-0.15, -0.1) is 0 Å². The van der Waals surface area contributed by atoms with Crippen LogP contribution in [0.25, 0.3) is 0 Å². The van der Waals surface area contributed by atoms with E-state index in [0.29, 0.717) is 6.54 Å². The molecule has 0 fully saturated rings. The van der Waals surface area contributed by atoms with E-state index in [1.807, 2.05) is 18.2 Å². The van der Waals surface area contributed by atoms with E-state index in [2.05, 4.69) is 29.3 Å². The average molecular weight is 175 g/mol. The first kappa shape index (κ1) is 9.79. The molecule has 0 saturated heterocycles. The highest BCUT2D eigenvalue weighted by atomic mass is 16.2. The highest BCUT2D eigenvalue weighted by Crippen LogP contribution is 1.96. The summed E-state index contributed by atoms with van der Waals surface area (Å²) in [6.07, 6.45) is 0. The van der Waals surface area contributed by atoms with Crippen LogP contribution in [0.1, 0.15) is 5.56 Å². The van der Waals surface area contributed by atoms with Crippen LogP contribution in [0.15, 0.2) is 30.3 Å². The highest BCUT2D eigenvalue weighted by molar-refractivity contribution is 5.14. The molecule has 0 amide bonds. The minimum Gasteiger partial charge on any atom is -0.384 e. The van der Waals surface area contributed by atoms with Crippen molar-refractivity contribution in [2.45, 2.75) is 6.54 Å². The lowest BCUT2D eigenvalue weighted by molar-refractivity contribution is 0.350. The molecule has 0 aliphatic carbocycles. The van der Waals surface area contributed by atoms with Gasteiger partial charge >= 0.3 is 0 Å². The van der Waals surface area contributed by atoms with Gasteiger partial charge in [-0.2, -0.15) is 0 Å². The largest absolute Gasteiger partial charge is 0.384 e. The van der Waals surface area contributed by atoms with Crippen molar-refractivity contribution < 1.29 is 5.11 Å². The van der Waals surface area contributed by atoms with Gasteiger partial charge in [-0.3, -0.25) is 0 Å². The van der Waals surface area contributed by atoms with Gasteiger partial charge < -0.3 is 10.4 Å². The summed E-state index contributed by atoms with van der Waals surface area (Å²) < 4.78 is 0. The van der Waals surface area contributed by atoms with Crippen LogP contribution in [-0.4, -0.2) is 18.3 Å². The fourth-order valence-electron chi connectivity index (χ4n) is 0.984. The van der Waals surface area contributed by atoms with Gasteiger partial charge in [0, 0.05) is 6.54 Å². The Hall–Kier alpha value is -1.30. The Kier molecular flexibility index (Phi) is 4.70. The second-order valence-corrected chi connectivity index (χ2v) is 2.60. The Morgan fingerprint density at radius 2 is 1.92 bits per heavy atom. The molecule has 0 saturated carbocycles. The number of aliphatic hydroxyl groups is 1. The van der Waals surface area contributed by atoms with Crippen molar-refractivity contribution in [3.8, 4) is 11.8 Å². The third-order valence-corrected chi connectivity index (χ3v) is 1.59. The van der Waals surface area contributed by atoms with Gasteiger partial charge in [0.25, 0.3) is 0 Å². The number of rotatable bonds is 3. The van der Waals surface area contributed by atoms with E-state index >= 15 is 0 Å². The quantitative estimate of drug-likeness (QED) is 0.525. The van der Waals surface area contributed by atoms with Crippen LogP contribution >= 0.6 is 0 Å². The molecular weight excluding hydrogens is 162 g/mol.